The van der Waals surface area contributed by atoms with Crippen molar-refractivity contribution in [3.05, 3.63) is 107 Å². The van der Waals surface area contributed by atoms with Gasteiger partial charge in [0.15, 0.2) is 0 Å². The molecule has 0 saturated carbocycles. The summed E-state index contributed by atoms with van der Waals surface area (Å²) in [5.41, 5.74) is 4.39. The fraction of sp³-hybridized carbons (Fsp3) is 0.419. The molecule has 0 radical (unpaired) electrons. The average Bonchev–Trinajstić information content (AvgIpc) is 2.87. The third-order valence-electron chi connectivity index (χ3n) is 7.26. The zero-order valence-electron chi connectivity index (χ0n) is 21.6. The maximum absolute atomic E-state index is 13.6. The zero-order valence-corrected chi connectivity index (χ0v) is 21.6. The first-order valence-electron chi connectivity index (χ1n) is 13.0. The van der Waals surface area contributed by atoms with Crippen molar-refractivity contribution in [1.29, 1.82) is 0 Å². The molecule has 0 aromatic heterocycles. The lowest BCUT2D eigenvalue weighted by Gasteiger charge is -2.40. The molecule has 0 amide bonds. The molecule has 1 saturated heterocycles. The molecular formula is C31H38F2N2O. The van der Waals surface area contributed by atoms with Crippen molar-refractivity contribution in [3.63, 3.8) is 0 Å². The van der Waals surface area contributed by atoms with E-state index in [-0.39, 0.29) is 23.1 Å². The molecule has 5 heteroatoms. The van der Waals surface area contributed by atoms with E-state index in [0.29, 0.717) is 0 Å². The summed E-state index contributed by atoms with van der Waals surface area (Å²) in [6, 6.07) is 21.6. The number of nitrogens with zero attached hydrogens (tertiary/aromatic N) is 2. The van der Waals surface area contributed by atoms with Gasteiger partial charge in [0.25, 0.3) is 0 Å². The second kappa shape index (κ2) is 11.6. The molecule has 36 heavy (non-hydrogen) atoms. The van der Waals surface area contributed by atoms with E-state index in [1.165, 1.54) is 29.8 Å². The van der Waals surface area contributed by atoms with E-state index in [4.69, 9.17) is 0 Å². The fourth-order valence-electron chi connectivity index (χ4n) is 5.03. The Morgan fingerprint density at radius 2 is 1.19 bits per heavy atom. The highest BCUT2D eigenvalue weighted by Crippen LogP contribution is 2.30. The highest BCUT2D eigenvalue weighted by Gasteiger charge is 2.26. The highest BCUT2D eigenvalue weighted by atomic mass is 19.1. The minimum Gasteiger partial charge on any atom is -0.388 e. The van der Waals surface area contributed by atoms with Crippen LogP contribution in [0.2, 0.25) is 0 Å². The minimum absolute atomic E-state index is 0.0359. The maximum atomic E-state index is 13.6. The van der Waals surface area contributed by atoms with Crippen LogP contribution in [0.1, 0.15) is 68.0 Å². The molecule has 3 nitrogen and oxygen atoms in total. The summed E-state index contributed by atoms with van der Waals surface area (Å²) in [5, 5.41) is 10.7. The Labute approximate surface area is 214 Å². The quantitative estimate of drug-likeness (QED) is 0.390. The third-order valence-corrected chi connectivity index (χ3v) is 7.26. The SMILES string of the molecule is CC(C)(C)c1ccc([C@H](O)CCCN2CCN(C(c3ccc(F)cc3)c3ccc(F)cc3)CC2)cc1. The summed E-state index contributed by atoms with van der Waals surface area (Å²) in [5.74, 6) is -0.512. The van der Waals surface area contributed by atoms with Crippen LogP contribution in [0.15, 0.2) is 72.8 Å². The fourth-order valence-corrected chi connectivity index (χ4v) is 5.03. The van der Waals surface area contributed by atoms with Gasteiger partial charge < -0.3 is 10.0 Å². The lowest BCUT2D eigenvalue weighted by molar-refractivity contribution is 0.101. The molecule has 0 bridgehead atoms. The minimum atomic E-state index is -0.443. The summed E-state index contributed by atoms with van der Waals surface area (Å²) in [7, 11) is 0. The number of hydrogen-bond acceptors (Lipinski definition) is 3. The average molecular weight is 493 g/mol. The van der Waals surface area contributed by atoms with Gasteiger partial charge in [0.1, 0.15) is 11.6 Å². The van der Waals surface area contributed by atoms with Crippen molar-refractivity contribution < 1.29 is 13.9 Å². The summed E-state index contributed by atoms with van der Waals surface area (Å²) in [6.07, 6.45) is 1.23. The molecule has 1 heterocycles. The van der Waals surface area contributed by atoms with Crippen LogP contribution in [0, 0.1) is 11.6 Å². The number of aliphatic hydroxyl groups is 1. The number of aliphatic hydroxyl groups excluding tert-OH is 1. The first-order chi connectivity index (χ1) is 17.2. The van der Waals surface area contributed by atoms with Gasteiger partial charge in [-0.3, -0.25) is 4.90 Å². The van der Waals surface area contributed by atoms with Crippen LogP contribution in [0.4, 0.5) is 8.78 Å². The van der Waals surface area contributed by atoms with E-state index in [1.54, 1.807) is 0 Å². The van der Waals surface area contributed by atoms with E-state index < -0.39 is 6.10 Å². The topological polar surface area (TPSA) is 26.7 Å². The highest BCUT2D eigenvalue weighted by molar-refractivity contribution is 5.32. The number of hydrogen-bond donors (Lipinski definition) is 1. The molecule has 0 spiro atoms. The van der Waals surface area contributed by atoms with Crippen LogP contribution < -0.4 is 0 Å². The molecule has 3 aromatic rings. The molecule has 1 N–H and O–H groups in total. The van der Waals surface area contributed by atoms with Crippen LogP contribution in [0.5, 0.6) is 0 Å². The van der Waals surface area contributed by atoms with Crippen LogP contribution in [0.3, 0.4) is 0 Å². The molecule has 4 rings (SSSR count). The van der Waals surface area contributed by atoms with Gasteiger partial charge in [-0.05, 0) is 71.3 Å². The van der Waals surface area contributed by atoms with Crippen LogP contribution in [0.25, 0.3) is 0 Å². The van der Waals surface area contributed by atoms with Crippen molar-refractivity contribution in [1.82, 2.24) is 9.80 Å². The summed E-state index contributed by atoms with van der Waals surface area (Å²) in [6.45, 7) is 11.1. The Hall–Kier alpha value is -2.60. The monoisotopic (exact) mass is 492 g/mol. The van der Waals surface area contributed by atoms with E-state index in [9.17, 15) is 13.9 Å². The zero-order chi connectivity index (χ0) is 25.7. The van der Waals surface area contributed by atoms with Crippen molar-refractivity contribution in [2.75, 3.05) is 32.7 Å². The Morgan fingerprint density at radius 3 is 1.67 bits per heavy atom. The standard InChI is InChI=1S/C31H38F2N2O/c1-31(2,3)26-12-6-23(7-13-26)29(36)5-4-18-34-19-21-35(22-20-34)30(24-8-14-27(32)15-9-24)25-10-16-28(33)17-11-25/h6-17,29-30,36H,4-5,18-22H2,1-3H3/t29-/m1/s1. The van der Waals surface area contributed by atoms with Gasteiger partial charge >= 0.3 is 0 Å². The van der Waals surface area contributed by atoms with Crippen LogP contribution >= 0.6 is 0 Å². The van der Waals surface area contributed by atoms with E-state index in [2.05, 4.69) is 54.8 Å². The van der Waals surface area contributed by atoms with Crippen molar-refractivity contribution in [2.45, 2.75) is 51.2 Å². The third kappa shape index (κ3) is 6.78. The first kappa shape index (κ1) is 26.5. The number of halogens is 2. The van der Waals surface area contributed by atoms with Crippen molar-refractivity contribution >= 4 is 0 Å². The molecule has 192 valence electrons. The van der Waals surface area contributed by atoms with Crippen LogP contribution in [-0.2, 0) is 5.41 Å². The number of rotatable bonds is 8. The molecule has 1 aliphatic heterocycles. The van der Waals surface area contributed by atoms with Gasteiger partial charge in [-0.15, -0.1) is 0 Å². The predicted molar refractivity (Wildman–Crippen MR) is 142 cm³/mol. The van der Waals surface area contributed by atoms with Gasteiger partial charge in [-0.25, -0.2) is 8.78 Å². The normalized spacial score (nSPS) is 16.4. The Morgan fingerprint density at radius 1 is 0.722 bits per heavy atom. The Kier molecular flexibility index (Phi) is 8.55. The van der Waals surface area contributed by atoms with E-state index >= 15 is 0 Å². The van der Waals surface area contributed by atoms with Gasteiger partial charge in [0, 0.05) is 26.2 Å². The Balaban J connectivity index is 1.31. The largest absolute Gasteiger partial charge is 0.388 e. The van der Waals surface area contributed by atoms with E-state index in [1.807, 2.05) is 24.3 Å². The second-order valence-electron chi connectivity index (χ2n) is 10.9. The lowest BCUT2D eigenvalue weighted by Crippen LogP contribution is -2.48. The maximum Gasteiger partial charge on any atom is 0.123 e. The lowest BCUT2D eigenvalue weighted by atomic mass is 9.86. The molecule has 0 unspecified atom stereocenters. The summed E-state index contributed by atoms with van der Waals surface area (Å²) < 4.78 is 27.1. The molecule has 1 aliphatic rings. The molecule has 0 aliphatic carbocycles. The summed E-state index contributed by atoms with van der Waals surface area (Å²) in [4.78, 5) is 4.83. The van der Waals surface area contributed by atoms with Gasteiger partial charge in [-0.1, -0.05) is 69.3 Å². The summed E-state index contributed by atoms with van der Waals surface area (Å²) >= 11 is 0. The number of piperazine rings is 1. The van der Waals surface area contributed by atoms with Crippen LogP contribution in [-0.4, -0.2) is 47.6 Å². The number of benzene rings is 3. The predicted octanol–water partition coefficient (Wildman–Crippen LogP) is 6.48. The van der Waals surface area contributed by atoms with Crippen molar-refractivity contribution in [2.24, 2.45) is 0 Å². The van der Waals surface area contributed by atoms with E-state index in [0.717, 1.165) is 62.3 Å². The van der Waals surface area contributed by atoms with Gasteiger partial charge in [-0.2, -0.15) is 0 Å². The Bertz CT molecular complexity index is 1040. The molecule has 3 aromatic carbocycles. The van der Waals surface area contributed by atoms with Gasteiger partial charge in [0.2, 0.25) is 0 Å². The second-order valence-corrected chi connectivity index (χ2v) is 10.9. The van der Waals surface area contributed by atoms with Crippen molar-refractivity contribution in [3.8, 4) is 0 Å². The van der Waals surface area contributed by atoms with Gasteiger partial charge in [0.05, 0.1) is 12.1 Å². The molecular weight excluding hydrogens is 454 g/mol. The first-order valence-corrected chi connectivity index (χ1v) is 13.0. The molecule has 1 atom stereocenters. The smallest absolute Gasteiger partial charge is 0.123 e. The molecule has 1 fully saturated rings.